The topological polar surface area (TPSA) is 32.3 Å². The average molecular weight is 192 g/mol. The van der Waals surface area contributed by atoms with Gasteiger partial charge in [0, 0.05) is 20.7 Å². The lowest BCUT2D eigenvalue weighted by Crippen LogP contribution is -2.44. The summed E-state index contributed by atoms with van der Waals surface area (Å²) in [7, 11) is 1.83. The summed E-state index contributed by atoms with van der Waals surface area (Å²) in [4.78, 5) is 13.1. The monoisotopic (exact) mass is 192 g/mol. The molecule has 1 heterocycles. The molecule has 1 saturated carbocycles. The van der Waals surface area contributed by atoms with Gasteiger partial charge in [-0.1, -0.05) is 19.1 Å². The lowest BCUT2D eigenvalue weighted by atomic mass is 10.0. The van der Waals surface area contributed by atoms with E-state index in [0.29, 0.717) is 5.92 Å². The number of urea groups is 1. The highest BCUT2D eigenvalue weighted by atomic mass is 16.2. The normalized spacial score (nSPS) is 39.1. The Morgan fingerprint density at radius 3 is 3.00 bits per heavy atom. The first-order valence-electron chi connectivity index (χ1n) is 5.12. The minimum atomic E-state index is 0. The molecule has 0 spiro atoms. The molecule has 0 aromatic rings. The highest BCUT2D eigenvalue weighted by Gasteiger charge is 2.46. The van der Waals surface area contributed by atoms with Crippen LogP contribution in [0.2, 0.25) is 0 Å². The van der Waals surface area contributed by atoms with Crippen molar-refractivity contribution in [1.82, 2.24) is 10.2 Å². The number of nitrogens with zero attached hydrogens (tertiary/aromatic N) is 1. The van der Waals surface area contributed by atoms with Crippen molar-refractivity contribution < 1.29 is 6.22 Å². The highest BCUT2D eigenvalue weighted by molar-refractivity contribution is 5.79. The molecule has 14 heavy (non-hydrogen) atoms. The largest absolute Gasteiger partial charge is 0.323 e. The van der Waals surface area contributed by atoms with Crippen molar-refractivity contribution in [2.24, 2.45) is 17.8 Å². The zero-order valence-corrected chi connectivity index (χ0v) is 8.45. The Labute approximate surface area is 84.9 Å². The minimum absolute atomic E-state index is 0. The number of fused-ring (bicyclic) bond motifs is 2. The third-order valence-corrected chi connectivity index (χ3v) is 3.61. The van der Waals surface area contributed by atoms with Gasteiger partial charge in [0.2, 0.25) is 0 Å². The first kappa shape index (κ1) is 8.09. The van der Waals surface area contributed by atoms with Gasteiger partial charge in [-0.25, -0.2) is 4.79 Å². The van der Waals surface area contributed by atoms with Crippen molar-refractivity contribution in [1.29, 1.82) is 0 Å². The number of amides is 2. The van der Waals surface area contributed by atoms with Crippen LogP contribution in [0.4, 0.5) is 4.79 Å². The van der Waals surface area contributed by atoms with Gasteiger partial charge in [-0.3, -0.25) is 0 Å². The summed E-state index contributed by atoms with van der Waals surface area (Å²) < 4.78 is 0. The van der Waals surface area contributed by atoms with Crippen molar-refractivity contribution in [3.05, 3.63) is 23.4 Å². The molecular weight excluding hydrogens is 176 g/mol. The fourth-order valence-corrected chi connectivity index (χ4v) is 2.47. The molecule has 3 heteroatoms. The molecule has 3 nitrogen and oxygen atoms in total. The molecule has 3 rings (SSSR count). The maximum atomic E-state index is 11.4. The van der Waals surface area contributed by atoms with E-state index in [2.05, 4.69) is 24.4 Å². The van der Waals surface area contributed by atoms with Gasteiger partial charge in [-0.05, 0) is 23.3 Å². The van der Waals surface area contributed by atoms with E-state index in [1.807, 2.05) is 7.05 Å². The van der Waals surface area contributed by atoms with E-state index in [1.54, 1.807) is 4.90 Å². The van der Waals surface area contributed by atoms with Crippen LogP contribution in [0.1, 0.15) is 8.35 Å². The molecule has 3 unspecified atom stereocenters. The van der Waals surface area contributed by atoms with Crippen molar-refractivity contribution in [3.63, 3.8) is 0 Å². The summed E-state index contributed by atoms with van der Waals surface area (Å²) in [5.41, 5.74) is 2.34. The van der Waals surface area contributed by atoms with E-state index in [0.717, 1.165) is 24.1 Å². The quantitative estimate of drug-likeness (QED) is 0.621. The molecule has 2 amide bonds. The molecule has 2 fully saturated rings. The second kappa shape index (κ2) is 2.41. The Balaban J connectivity index is 0.000000853. The predicted octanol–water partition coefficient (Wildman–Crippen LogP) is 1.59. The lowest BCUT2D eigenvalue weighted by Gasteiger charge is -2.29. The number of likely N-dealkylation sites (N-methyl/N-ethyl adjacent to an activating group) is 1. The molecule has 76 valence electrons. The number of allylic oxidation sites excluding steroid dienone is 2. The zero-order valence-electron chi connectivity index (χ0n) is 8.45. The molecule has 0 bridgehead atoms. The number of nitrogens with one attached hydrogen (secondary N) is 1. The summed E-state index contributed by atoms with van der Waals surface area (Å²) in [5.74, 6) is 2.18. The van der Waals surface area contributed by atoms with Crippen LogP contribution in [0.3, 0.4) is 0 Å². The zero-order chi connectivity index (χ0) is 9.87. The fraction of sp³-hybridized carbons (Fsp3) is 0.545. The fourth-order valence-electron chi connectivity index (χ4n) is 2.47. The minimum Gasteiger partial charge on any atom is -0.323 e. The first-order valence-corrected chi connectivity index (χ1v) is 5.12. The number of carbonyl (C=O) groups is 1. The van der Waals surface area contributed by atoms with Crippen molar-refractivity contribution in [2.75, 3.05) is 13.6 Å². The van der Waals surface area contributed by atoms with Crippen LogP contribution in [0, 0.1) is 17.8 Å². The summed E-state index contributed by atoms with van der Waals surface area (Å²) in [6, 6.07) is 0.0140. The Morgan fingerprint density at radius 1 is 1.50 bits per heavy atom. The molecule has 1 aliphatic heterocycles. The van der Waals surface area contributed by atoms with Gasteiger partial charge in [0.25, 0.3) is 0 Å². The molecule has 0 aromatic carbocycles. The summed E-state index contributed by atoms with van der Waals surface area (Å²) >= 11 is 0. The van der Waals surface area contributed by atoms with E-state index in [-0.39, 0.29) is 7.46 Å². The van der Waals surface area contributed by atoms with E-state index < -0.39 is 0 Å². The second-order valence-corrected chi connectivity index (χ2v) is 4.57. The van der Waals surface area contributed by atoms with Crippen LogP contribution in [0.5, 0.6) is 0 Å². The smallest absolute Gasteiger partial charge is 0.321 e. The number of rotatable bonds is 0. The van der Waals surface area contributed by atoms with Gasteiger partial charge in [-0.2, -0.15) is 0 Å². The summed E-state index contributed by atoms with van der Waals surface area (Å²) in [5, 5.41) is 2.93. The van der Waals surface area contributed by atoms with Crippen LogP contribution in [0.15, 0.2) is 23.4 Å². The summed E-state index contributed by atoms with van der Waals surface area (Å²) in [6.45, 7) is 3.03. The van der Waals surface area contributed by atoms with E-state index in [1.165, 1.54) is 5.57 Å². The molecule has 1 N–H and O–H groups in total. The van der Waals surface area contributed by atoms with Crippen LogP contribution < -0.4 is 5.32 Å². The molecule has 2 aliphatic carbocycles. The lowest BCUT2D eigenvalue weighted by molar-refractivity contribution is 0.211. The van der Waals surface area contributed by atoms with Crippen LogP contribution in [0.25, 0.3) is 0 Å². The van der Waals surface area contributed by atoms with Gasteiger partial charge >= 0.3 is 6.03 Å². The maximum Gasteiger partial charge on any atom is 0.321 e. The van der Waals surface area contributed by atoms with Crippen LogP contribution in [-0.2, 0) is 0 Å². The van der Waals surface area contributed by atoms with E-state index >= 15 is 0 Å². The summed E-state index contributed by atoms with van der Waals surface area (Å²) in [6.07, 6.45) is 4.57. The first-order chi connectivity index (χ1) is 6.66. The average Bonchev–Trinajstić information content (AvgIpc) is 2.76. The Kier molecular flexibility index (Phi) is 1.39. The molecule has 1 saturated heterocycles. The highest BCUT2D eigenvalue weighted by Crippen LogP contribution is 2.52. The Hall–Kier alpha value is -1.25. The third kappa shape index (κ3) is 0.953. The molecule has 3 aliphatic rings. The molecule has 3 atom stereocenters. The van der Waals surface area contributed by atoms with E-state index in [4.69, 9.17) is 0 Å². The van der Waals surface area contributed by atoms with Gasteiger partial charge in [0.05, 0.1) is 0 Å². The number of hydrogen-bond donors (Lipinski definition) is 1. The standard InChI is InChI=1S/C11H14N2O.H2/c1-6-8-3-7-5-13(2)11(14)12-10(7)4-9(6)8;/h3-4,6,8-9H,5H2,1-2H3,(H,12,14);1H. The van der Waals surface area contributed by atoms with Crippen molar-refractivity contribution in [3.8, 4) is 0 Å². The van der Waals surface area contributed by atoms with Crippen molar-refractivity contribution >= 4 is 6.03 Å². The second-order valence-electron chi connectivity index (χ2n) is 4.57. The predicted molar refractivity (Wildman–Crippen MR) is 55.6 cm³/mol. The SMILES string of the molecule is CC1C2C=C3CN(C)C(=O)NC3=CC12.[HH]. The number of hydrogen-bond acceptors (Lipinski definition) is 1. The van der Waals surface area contributed by atoms with Crippen LogP contribution >= 0.6 is 0 Å². The maximum absolute atomic E-state index is 11.4. The van der Waals surface area contributed by atoms with Gasteiger partial charge < -0.3 is 10.2 Å². The van der Waals surface area contributed by atoms with E-state index in [9.17, 15) is 4.79 Å². The third-order valence-electron chi connectivity index (χ3n) is 3.61. The van der Waals surface area contributed by atoms with Crippen molar-refractivity contribution in [2.45, 2.75) is 6.92 Å². The van der Waals surface area contributed by atoms with Crippen LogP contribution in [-0.4, -0.2) is 24.5 Å². The Bertz CT molecular complexity index is 375. The number of carbonyl (C=O) groups excluding carboxylic acids is 1. The van der Waals surface area contributed by atoms with Gasteiger partial charge in [0.15, 0.2) is 0 Å². The molecule has 0 aromatic heterocycles. The van der Waals surface area contributed by atoms with Gasteiger partial charge in [-0.15, -0.1) is 0 Å². The Morgan fingerprint density at radius 2 is 2.21 bits per heavy atom. The van der Waals surface area contributed by atoms with Gasteiger partial charge in [0.1, 0.15) is 0 Å². The molecule has 0 radical (unpaired) electrons. The molecular formula is C11H16N2O.